The molecule has 7 heteroatoms. The predicted molar refractivity (Wildman–Crippen MR) is 89.6 cm³/mol. The van der Waals surface area contributed by atoms with Gasteiger partial charge in [-0.1, -0.05) is 0 Å². The highest BCUT2D eigenvalue weighted by Crippen LogP contribution is 2.32. The van der Waals surface area contributed by atoms with Crippen molar-refractivity contribution in [2.24, 2.45) is 0 Å². The lowest BCUT2D eigenvalue weighted by Gasteiger charge is -2.30. The molecule has 6 nitrogen and oxygen atoms in total. The fourth-order valence-corrected chi connectivity index (χ4v) is 3.73. The van der Waals surface area contributed by atoms with Gasteiger partial charge in [0.05, 0.1) is 4.90 Å². The largest absolute Gasteiger partial charge is 0.486 e. The first-order valence-corrected chi connectivity index (χ1v) is 9.44. The molecule has 1 aliphatic heterocycles. The molecule has 0 aliphatic carbocycles. The van der Waals surface area contributed by atoms with Crippen molar-refractivity contribution in [2.75, 3.05) is 26.3 Å². The summed E-state index contributed by atoms with van der Waals surface area (Å²) in [6.45, 7) is 10.4. The van der Waals surface area contributed by atoms with E-state index in [1.54, 1.807) is 12.1 Å². The minimum atomic E-state index is -3.55. The van der Waals surface area contributed by atoms with Crippen LogP contribution in [0.25, 0.3) is 0 Å². The first-order valence-electron chi connectivity index (χ1n) is 7.96. The lowest BCUT2D eigenvalue weighted by molar-refractivity contribution is 0.171. The van der Waals surface area contributed by atoms with Gasteiger partial charge in [-0.15, -0.1) is 0 Å². The third-order valence-electron chi connectivity index (χ3n) is 3.81. The molecule has 1 N–H and O–H groups in total. The van der Waals surface area contributed by atoms with Gasteiger partial charge < -0.3 is 9.47 Å². The summed E-state index contributed by atoms with van der Waals surface area (Å²) in [5.74, 6) is 1.06. The zero-order valence-corrected chi connectivity index (χ0v) is 15.0. The van der Waals surface area contributed by atoms with Crippen LogP contribution in [0, 0.1) is 0 Å². The summed E-state index contributed by atoms with van der Waals surface area (Å²) in [6, 6.07) is 5.43. The molecule has 0 saturated heterocycles. The van der Waals surface area contributed by atoms with Crippen molar-refractivity contribution in [1.82, 2.24) is 9.62 Å². The Kier molecular flexibility index (Phi) is 5.89. The van der Waals surface area contributed by atoms with E-state index in [-0.39, 0.29) is 4.90 Å². The van der Waals surface area contributed by atoms with Gasteiger partial charge in [0.15, 0.2) is 11.5 Å². The zero-order valence-electron chi connectivity index (χ0n) is 14.2. The minimum absolute atomic E-state index is 0.197. The molecule has 1 heterocycles. The van der Waals surface area contributed by atoms with Crippen LogP contribution in [0.1, 0.15) is 27.7 Å². The van der Waals surface area contributed by atoms with Crippen molar-refractivity contribution in [3.63, 3.8) is 0 Å². The molecule has 0 saturated carbocycles. The van der Waals surface area contributed by atoms with E-state index in [0.717, 1.165) is 0 Å². The Bertz CT molecular complexity index is 621. The van der Waals surface area contributed by atoms with Crippen molar-refractivity contribution in [2.45, 2.75) is 44.7 Å². The highest BCUT2D eigenvalue weighted by molar-refractivity contribution is 7.89. The number of hydrogen-bond donors (Lipinski definition) is 1. The zero-order chi connectivity index (χ0) is 17.0. The second-order valence-electron chi connectivity index (χ2n) is 6.13. The smallest absolute Gasteiger partial charge is 0.240 e. The summed E-state index contributed by atoms with van der Waals surface area (Å²) in [5, 5.41) is 0. The van der Waals surface area contributed by atoms with Crippen molar-refractivity contribution in [3.05, 3.63) is 18.2 Å². The van der Waals surface area contributed by atoms with Crippen LogP contribution in [0.5, 0.6) is 11.5 Å². The molecule has 0 aromatic heterocycles. The minimum Gasteiger partial charge on any atom is -0.486 e. The van der Waals surface area contributed by atoms with E-state index >= 15 is 0 Å². The van der Waals surface area contributed by atoms with Crippen molar-refractivity contribution in [1.29, 1.82) is 0 Å². The number of ether oxygens (including phenoxy) is 2. The molecule has 1 aromatic rings. The van der Waals surface area contributed by atoms with Crippen LogP contribution in [0.4, 0.5) is 0 Å². The first kappa shape index (κ1) is 18.0. The highest BCUT2D eigenvalue weighted by Gasteiger charge is 2.20. The van der Waals surface area contributed by atoms with Crippen molar-refractivity contribution < 1.29 is 17.9 Å². The van der Waals surface area contributed by atoms with Gasteiger partial charge in [-0.3, -0.25) is 4.90 Å². The van der Waals surface area contributed by atoms with Crippen LogP contribution in [0.3, 0.4) is 0 Å². The lowest BCUT2D eigenvalue weighted by atomic mass is 10.2. The van der Waals surface area contributed by atoms with Crippen LogP contribution in [0.2, 0.25) is 0 Å². The quantitative estimate of drug-likeness (QED) is 0.819. The van der Waals surface area contributed by atoms with Crippen molar-refractivity contribution >= 4 is 10.0 Å². The Balaban J connectivity index is 2.02. The molecule has 0 amide bonds. The van der Waals surface area contributed by atoms with Crippen molar-refractivity contribution in [3.8, 4) is 11.5 Å². The fourth-order valence-electron chi connectivity index (χ4n) is 2.70. The lowest BCUT2D eigenvalue weighted by Crippen LogP contribution is -2.42. The molecule has 0 fully saturated rings. The van der Waals surface area contributed by atoms with E-state index in [9.17, 15) is 8.42 Å². The topological polar surface area (TPSA) is 67.9 Å². The van der Waals surface area contributed by atoms with Gasteiger partial charge in [0.25, 0.3) is 0 Å². The second kappa shape index (κ2) is 7.51. The maximum atomic E-state index is 12.4. The molecular formula is C16H26N2O4S. The summed E-state index contributed by atoms with van der Waals surface area (Å²) in [6.07, 6.45) is 0. The van der Waals surface area contributed by atoms with Gasteiger partial charge >= 0.3 is 0 Å². The number of rotatable bonds is 7. The van der Waals surface area contributed by atoms with E-state index in [1.165, 1.54) is 6.07 Å². The number of benzene rings is 1. The van der Waals surface area contributed by atoms with Crippen LogP contribution < -0.4 is 14.2 Å². The van der Waals surface area contributed by atoms with Crippen LogP contribution in [-0.4, -0.2) is 51.7 Å². The Labute approximate surface area is 138 Å². The maximum Gasteiger partial charge on any atom is 0.240 e. The molecule has 0 unspecified atom stereocenters. The molecule has 130 valence electrons. The summed E-state index contributed by atoms with van der Waals surface area (Å²) < 4.78 is 38.3. The number of sulfonamides is 1. The number of fused-ring (bicyclic) bond motifs is 1. The highest BCUT2D eigenvalue weighted by atomic mass is 32.2. The number of nitrogens with zero attached hydrogens (tertiary/aromatic N) is 1. The molecule has 0 bridgehead atoms. The van der Waals surface area contributed by atoms with E-state index in [2.05, 4.69) is 37.3 Å². The van der Waals surface area contributed by atoms with Gasteiger partial charge in [0.1, 0.15) is 13.2 Å². The molecule has 1 aliphatic rings. The van der Waals surface area contributed by atoms with Crippen LogP contribution >= 0.6 is 0 Å². The van der Waals surface area contributed by atoms with E-state index in [4.69, 9.17) is 9.47 Å². The monoisotopic (exact) mass is 342 g/mol. The molecule has 23 heavy (non-hydrogen) atoms. The van der Waals surface area contributed by atoms with Gasteiger partial charge in [-0.05, 0) is 39.8 Å². The second-order valence-corrected chi connectivity index (χ2v) is 7.90. The maximum absolute atomic E-state index is 12.4. The first-order chi connectivity index (χ1) is 10.8. The van der Waals surface area contributed by atoms with Crippen LogP contribution in [-0.2, 0) is 10.0 Å². The number of hydrogen-bond acceptors (Lipinski definition) is 5. The average Bonchev–Trinajstić information content (AvgIpc) is 2.50. The molecule has 0 atom stereocenters. The molecule has 1 aromatic carbocycles. The van der Waals surface area contributed by atoms with Gasteiger partial charge in [-0.2, -0.15) is 0 Å². The van der Waals surface area contributed by atoms with Gasteiger partial charge in [0, 0.05) is 31.2 Å². The Hall–Kier alpha value is -1.31. The summed E-state index contributed by atoms with van der Waals surface area (Å²) in [5.41, 5.74) is 0. The van der Waals surface area contributed by atoms with Crippen LogP contribution in [0.15, 0.2) is 23.1 Å². The Morgan fingerprint density at radius 3 is 2.30 bits per heavy atom. The van der Waals surface area contributed by atoms with Gasteiger partial charge in [-0.25, -0.2) is 13.1 Å². The molecular weight excluding hydrogens is 316 g/mol. The number of nitrogens with one attached hydrogen (secondary N) is 1. The molecule has 0 spiro atoms. The summed E-state index contributed by atoms with van der Waals surface area (Å²) >= 11 is 0. The van der Waals surface area contributed by atoms with E-state index in [0.29, 0.717) is 49.9 Å². The molecule has 0 radical (unpaired) electrons. The third kappa shape index (κ3) is 4.59. The third-order valence-corrected chi connectivity index (χ3v) is 5.27. The Morgan fingerprint density at radius 2 is 1.70 bits per heavy atom. The summed E-state index contributed by atoms with van der Waals surface area (Å²) in [4.78, 5) is 2.44. The normalized spacial score (nSPS) is 14.7. The summed E-state index contributed by atoms with van der Waals surface area (Å²) in [7, 11) is -3.55. The van der Waals surface area contributed by atoms with E-state index < -0.39 is 10.0 Å². The van der Waals surface area contributed by atoms with E-state index in [1.807, 2.05) is 0 Å². The Morgan fingerprint density at radius 1 is 1.09 bits per heavy atom. The fraction of sp³-hybridized carbons (Fsp3) is 0.625. The standard InChI is InChI=1S/C16H26N2O4S/c1-12(2)18(13(3)4)8-7-17-23(19,20)14-5-6-15-16(11-14)22-10-9-21-15/h5-6,11-13,17H,7-10H2,1-4H3. The van der Waals surface area contributed by atoms with Gasteiger partial charge in [0.2, 0.25) is 10.0 Å². The average molecular weight is 342 g/mol. The molecule has 2 rings (SSSR count). The SMILES string of the molecule is CC(C)N(CCNS(=O)(=O)c1ccc2c(c1)OCCO2)C(C)C. The predicted octanol–water partition coefficient (Wildman–Crippen LogP) is 1.85.